The molecule has 4 fully saturated rings. The molecule has 2 aromatic heterocycles. The highest BCUT2D eigenvalue weighted by molar-refractivity contribution is 7.60. The molecule has 4 saturated heterocycles. The number of halogens is 1. The molecule has 0 saturated carbocycles. The van der Waals surface area contributed by atoms with Crippen molar-refractivity contribution in [2.45, 2.75) is 162 Å². The molecule has 0 radical (unpaired) electrons. The van der Waals surface area contributed by atoms with Gasteiger partial charge in [0.2, 0.25) is 11.8 Å². The molecule has 8 aromatic rings. The smallest absolute Gasteiger partial charge is 0.410 e. The first-order valence-electron chi connectivity index (χ1n) is 34.4. The minimum Gasteiger partial charge on any atom is -0.453 e. The third-order valence-electron chi connectivity index (χ3n) is 19.8. The normalized spacial score (nSPS) is 18.6. The number of nitrogens with one attached hydrogen (secondary N) is 5. The van der Waals surface area contributed by atoms with Gasteiger partial charge in [0.15, 0.2) is 0 Å². The van der Waals surface area contributed by atoms with E-state index in [0.717, 1.165) is 142 Å². The number of aliphatic imine (C=N–C) groups is 2. The summed E-state index contributed by atoms with van der Waals surface area (Å²) in [7, 11) is 2.61. The second-order valence-corrected chi connectivity index (χ2v) is 28.2. The molecule has 27 heteroatoms. The van der Waals surface area contributed by atoms with Crippen LogP contribution in [-0.2, 0) is 23.8 Å². The maximum Gasteiger partial charge on any atom is 0.410 e. The predicted octanol–water partition coefficient (Wildman–Crippen LogP) is 16.1. The number of carbonyl (C=O) groups is 5. The Bertz CT molecular complexity index is 4530. The number of likely N-dealkylation sites (tertiary alicyclic amines) is 3. The van der Waals surface area contributed by atoms with Crippen molar-refractivity contribution in [2.24, 2.45) is 21.8 Å². The molecule has 0 bridgehead atoms. The van der Waals surface area contributed by atoms with Gasteiger partial charge in [0.1, 0.15) is 29.3 Å². The molecule has 20 nitrogen and oxygen atoms in total. The Morgan fingerprint density at radius 1 is 0.495 bits per heavy atom. The van der Waals surface area contributed by atoms with Crippen LogP contribution in [-0.4, -0.2) is 146 Å². The average Bonchev–Trinajstić information content (AvgIpc) is 1.71. The molecule has 0 unspecified atom stereocenters. The van der Waals surface area contributed by atoms with Gasteiger partial charge in [-0.15, -0.1) is 12.4 Å². The fourth-order valence-corrected chi connectivity index (χ4v) is 14.7. The number of aromatic nitrogens is 4. The second kappa shape index (κ2) is 38.0. The Labute approximate surface area is 664 Å². The molecule has 5 N–H and O–H groups in total. The van der Waals surface area contributed by atoms with Gasteiger partial charge >= 0.3 is 18.3 Å². The maximum absolute atomic E-state index is 13.6. The number of hydrogen-bond donors (Lipinski definition) is 5. The van der Waals surface area contributed by atoms with Crippen molar-refractivity contribution < 1.29 is 38.2 Å². The number of ether oxygens (including phenoxy) is 3. The number of methoxy groups -OCH3 is 2. The molecule has 0 aliphatic carbocycles. The first kappa shape index (κ1) is 88.3. The number of fused-ring (bicyclic) bond motifs is 4. The molecule has 568 valence electrons. The Morgan fingerprint density at radius 2 is 0.876 bits per heavy atom. The van der Waals surface area contributed by atoms with E-state index in [-0.39, 0.29) is 149 Å². The molecule has 6 aromatic carbocycles. The SMILES string of the molecule is C.COC(=O)N[C@H](C(=O)N1CCC[C@H]1c1nc2ccc(-c3ccc4cc(C5=CN=C([C@@H]6CCCN6)C5)ccc4c3)cc2[nH]1)C(C)C.COC(=O)N[C@H](C(=O)N1CCC[C@H]1c1nc2ccc(-c3ccc4cc(C5=CN=C([C@@H]6CCCN6C(=O)OC(C)(C)C)C5)ccc4c3)cc2[nH]1)C(C)C.Cl.S.S.S.S.S.S. The largest absolute Gasteiger partial charge is 0.453 e. The van der Waals surface area contributed by atoms with Crippen LogP contribution >= 0.6 is 93.4 Å². The van der Waals surface area contributed by atoms with Crippen LogP contribution in [0.1, 0.15) is 155 Å². The van der Waals surface area contributed by atoms with Crippen LogP contribution in [0.25, 0.3) is 77.0 Å². The summed E-state index contributed by atoms with van der Waals surface area (Å²) in [6.45, 7) is 16.4. The lowest BCUT2D eigenvalue weighted by Gasteiger charge is -2.29. The van der Waals surface area contributed by atoms with Gasteiger partial charge < -0.3 is 49.9 Å². The lowest BCUT2D eigenvalue weighted by atomic mass is 9.95. The van der Waals surface area contributed by atoms with E-state index in [2.05, 4.69) is 123 Å². The summed E-state index contributed by atoms with van der Waals surface area (Å²) in [6, 6.07) is 37.5. The standard InChI is InChI=1S/C41H48N6O5.C36H40N6O3.CH4.ClH.6H2S/c1-24(2)36(45-39(49)51-6)38(48)46-17-8-10-35(46)37-43-31-16-15-29(21-32(31)44-37)27-12-11-26-20-28(14-13-25(26)19-27)30-22-33(42-23-30)34-9-7-18-47(34)40(50)52-41(3,4)5;1-21(2)33(41-36(44)45-3)35(43)42-15-5-7-32(42)34-39-29-13-12-26(18-31(29)40-34)24-9-8-23-17-25(11-10-22(23)16-24)27-19-30(38-20-27)28-6-4-14-37-28;;;;;;;;/h11-16,19-21,23-24,34-36H,7-10,17-18,22H2,1-6H3,(H,43,44)(H,45,49);8-13,16-18,20-21,28,32-33,37H,4-7,14-15,19H2,1-3H3,(H,39,40)(H,41,44);1H4;1H;6*1H2/t34-,35-,36-;28-,32-,33-;;;;;;;;/m00......../s1. The van der Waals surface area contributed by atoms with Crippen LogP contribution in [0.4, 0.5) is 14.4 Å². The van der Waals surface area contributed by atoms with E-state index in [0.29, 0.717) is 25.7 Å². The number of H-pyrrole nitrogens is 2. The number of alkyl carbamates (subject to hydrolysis) is 2. The van der Waals surface area contributed by atoms with Crippen molar-refractivity contribution >= 4 is 190 Å². The van der Waals surface area contributed by atoms with Gasteiger partial charge in [0, 0.05) is 62.3 Å². The van der Waals surface area contributed by atoms with E-state index in [9.17, 15) is 24.0 Å². The minimum absolute atomic E-state index is 0. The second-order valence-electron chi connectivity index (χ2n) is 28.2. The highest BCUT2D eigenvalue weighted by Crippen LogP contribution is 2.39. The summed E-state index contributed by atoms with van der Waals surface area (Å²) in [5.41, 5.74) is 14.5. The van der Waals surface area contributed by atoms with Gasteiger partial charge in [-0.05, 0) is 205 Å². The molecule has 5 amide bonds. The van der Waals surface area contributed by atoms with Gasteiger partial charge in [0.05, 0.1) is 54.4 Å². The van der Waals surface area contributed by atoms with Crippen LogP contribution in [0, 0.1) is 11.8 Å². The number of aromatic amines is 2. The van der Waals surface area contributed by atoms with Gasteiger partial charge in [0.25, 0.3) is 0 Å². The number of hydrogen-bond acceptors (Lipinski definition) is 13. The summed E-state index contributed by atoms with van der Waals surface area (Å²) < 4.78 is 15.2. The minimum atomic E-state index is -0.678. The number of rotatable bonds is 14. The van der Waals surface area contributed by atoms with Gasteiger partial charge in [-0.1, -0.05) is 95.8 Å². The van der Waals surface area contributed by atoms with Crippen molar-refractivity contribution in [3.05, 3.63) is 144 Å². The van der Waals surface area contributed by atoms with Gasteiger partial charge in [-0.2, -0.15) is 81.0 Å². The molecule has 105 heavy (non-hydrogen) atoms. The number of benzene rings is 6. The zero-order valence-corrected chi connectivity index (χ0v) is 67.2. The first-order valence-corrected chi connectivity index (χ1v) is 34.4. The summed E-state index contributed by atoms with van der Waals surface area (Å²) in [4.78, 5) is 95.8. The Hall–Kier alpha value is -7.30. The van der Waals surface area contributed by atoms with E-state index in [1.807, 2.05) is 87.7 Å². The zero-order chi connectivity index (χ0) is 67.8. The number of imidazole rings is 2. The Balaban J connectivity index is 0.000000353. The van der Waals surface area contributed by atoms with Gasteiger partial charge in [-0.3, -0.25) is 24.5 Å². The Kier molecular flexibility index (Phi) is 32.0. The van der Waals surface area contributed by atoms with Crippen LogP contribution in [0.2, 0.25) is 0 Å². The quantitative estimate of drug-likeness (QED) is 0.0641. The van der Waals surface area contributed by atoms with Crippen molar-refractivity contribution in [1.82, 2.24) is 50.6 Å². The van der Waals surface area contributed by atoms with E-state index < -0.39 is 29.9 Å². The molecule has 6 aliphatic rings. The number of nitrogens with zero attached hydrogens (tertiary/aromatic N) is 7. The summed E-state index contributed by atoms with van der Waals surface area (Å²) in [6.07, 6.45) is 11.8. The maximum atomic E-state index is 13.6. The monoisotopic (exact) mass is 1560 g/mol. The third kappa shape index (κ3) is 19.5. The van der Waals surface area contributed by atoms with Crippen molar-refractivity contribution in [1.29, 1.82) is 0 Å². The molecular weight excluding hydrogens is 1460 g/mol. The molecule has 0 spiro atoms. The van der Waals surface area contributed by atoms with Crippen LogP contribution < -0.4 is 16.0 Å². The third-order valence-corrected chi connectivity index (χ3v) is 19.8. The number of carbonyl (C=O) groups excluding carboxylic acids is 5. The van der Waals surface area contributed by atoms with Gasteiger partial charge in [-0.25, -0.2) is 24.4 Å². The molecule has 14 rings (SSSR count). The van der Waals surface area contributed by atoms with Crippen molar-refractivity contribution in [2.75, 3.05) is 40.4 Å². The average molecular weight is 1570 g/mol. The highest BCUT2D eigenvalue weighted by Gasteiger charge is 2.41. The van der Waals surface area contributed by atoms with Crippen LogP contribution in [0.3, 0.4) is 0 Å². The molecule has 6 atom stereocenters. The molecule has 6 aliphatic heterocycles. The summed E-state index contributed by atoms with van der Waals surface area (Å²) >= 11 is 0. The number of amides is 5. The van der Waals surface area contributed by atoms with Crippen LogP contribution in [0.5, 0.6) is 0 Å². The predicted molar refractivity (Wildman–Crippen MR) is 457 cm³/mol. The van der Waals surface area contributed by atoms with Crippen molar-refractivity contribution in [3.8, 4) is 22.3 Å². The van der Waals surface area contributed by atoms with E-state index in [4.69, 9.17) is 34.2 Å². The summed E-state index contributed by atoms with van der Waals surface area (Å²) in [5, 5.41) is 13.7. The zero-order valence-electron chi connectivity index (χ0n) is 60.4. The lowest BCUT2D eigenvalue weighted by molar-refractivity contribution is -0.136. The van der Waals surface area contributed by atoms with Crippen molar-refractivity contribution in [3.63, 3.8) is 0 Å². The molecule has 8 heterocycles. The first-order chi connectivity index (χ1) is 46.8. The van der Waals surface area contributed by atoms with E-state index in [1.165, 1.54) is 54.7 Å². The van der Waals surface area contributed by atoms with E-state index in [1.54, 1.807) is 0 Å². The topological polar surface area (TPSA) is 241 Å². The van der Waals surface area contributed by atoms with Crippen LogP contribution in [0.15, 0.2) is 132 Å². The lowest BCUT2D eigenvalue weighted by Crippen LogP contribution is -2.51. The highest BCUT2D eigenvalue weighted by atomic mass is 35.5. The van der Waals surface area contributed by atoms with E-state index >= 15 is 0 Å². The molecular formula is C78H105ClN12O8S6. The number of allylic oxidation sites excluding steroid dienone is 2. The fraction of sp³-hybridized carbons (Fsp3) is 0.423. The summed E-state index contributed by atoms with van der Waals surface area (Å²) in [5.74, 6) is 1.12. The Morgan fingerprint density at radius 3 is 1.29 bits per heavy atom. The fourth-order valence-electron chi connectivity index (χ4n) is 14.7.